The van der Waals surface area contributed by atoms with Gasteiger partial charge in [-0.25, -0.2) is 13.1 Å². The zero-order valence-electron chi connectivity index (χ0n) is 17.0. The zero-order valence-corrected chi connectivity index (χ0v) is 18.5. The number of hydrogen-bond acceptors (Lipinski definition) is 4. The molecule has 2 aromatic carbocycles. The molecule has 1 aliphatic heterocycles. The molecule has 1 heterocycles. The molecule has 1 saturated heterocycles. The molecule has 30 heavy (non-hydrogen) atoms. The van der Waals surface area contributed by atoms with E-state index in [1.54, 1.807) is 49.9 Å². The Labute approximate surface area is 181 Å². The summed E-state index contributed by atoms with van der Waals surface area (Å²) in [5.74, 6) is -0.922. The third kappa shape index (κ3) is 5.38. The van der Waals surface area contributed by atoms with Crippen LogP contribution in [-0.4, -0.2) is 32.3 Å². The van der Waals surface area contributed by atoms with Crippen LogP contribution in [0.4, 0.5) is 11.4 Å². The van der Waals surface area contributed by atoms with Crippen LogP contribution < -0.4 is 14.9 Å². The summed E-state index contributed by atoms with van der Waals surface area (Å²) in [6.07, 6.45) is 0.108. The normalized spacial score (nSPS) is 17.3. The van der Waals surface area contributed by atoms with E-state index in [1.165, 1.54) is 24.3 Å². The number of rotatable bonds is 5. The summed E-state index contributed by atoms with van der Waals surface area (Å²) < 4.78 is 27.3. The van der Waals surface area contributed by atoms with E-state index in [0.29, 0.717) is 16.4 Å². The minimum Gasteiger partial charge on any atom is -0.326 e. The van der Waals surface area contributed by atoms with Gasteiger partial charge in [0.2, 0.25) is 21.8 Å². The predicted molar refractivity (Wildman–Crippen MR) is 117 cm³/mol. The molecule has 0 spiro atoms. The summed E-state index contributed by atoms with van der Waals surface area (Å²) in [7, 11) is -3.65. The first-order chi connectivity index (χ1) is 13.9. The number of halogens is 1. The second kappa shape index (κ2) is 8.37. The summed E-state index contributed by atoms with van der Waals surface area (Å²) in [5.41, 5.74) is 0.559. The van der Waals surface area contributed by atoms with E-state index < -0.39 is 21.5 Å². The van der Waals surface area contributed by atoms with E-state index in [1.807, 2.05) is 0 Å². The topological polar surface area (TPSA) is 95.6 Å². The highest BCUT2D eigenvalue weighted by atomic mass is 35.5. The van der Waals surface area contributed by atoms with Crippen LogP contribution in [0.1, 0.15) is 27.2 Å². The van der Waals surface area contributed by atoms with Crippen molar-refractivity contribution in [1.29, 1.82) is 0 Å². The van der Waals surface area contributed by atoms with E-state index in [9.17, 15) is 18.0 Å². The number of carbonyl (C=O) groups excluding carboxylic acids is 2. The van der Waals surface area contributed by atoms with Gasteiger partial charge in [-0.05, 0) is 69.3 Å². The van der Waals surface area contributed by atoms with Crippen molar-refractivity contribution in [3.8, 4) is 0 Å². The quantitative estimate of drug-likeness (QED) is 0.731. The van der Waals surface area contributed by atoms with Crippen molar-refractivity contribution in [2.45, 2.75) is 37.6 Å². The Kier molecular flexibility index (Phi) is 6.21. The summed E-state index contributed by atoms with van der Waals surface area (Å²) in [4.78, 5) is 26.6. The van der Waals surface area contributed by atoms with Gasteiger partial charge in [-0.3, -0.25) is 9.59 Å². The summed E-state index contributed by atoms with van der Waals surface area (Å²) >= 11 is 5.89. The van der Waals surface area contributed by atoms with Crippen LogP contribution in [0.2, 0.25) is 5.02 Å². The van der Waals surface area contributed by atoms with Crippen LogP contribution >= 0.6 is 11.6 Å². The van der Waals surface area contributed by atoms with Crippen molar-refractivity contribution >= 4 is 44.8 Å². The number of nitrogens with one attached hydrogen (secondary N) is 2. The van der Waals surface area contributed by atoms with Crippen LogP contribution in [-0.2, 0) is 19.6 Å². The maximum atomic E-state index is 12.6. The van der Waals surface area contributed by atoms with Crippen molar-refractivity contribution in [2.75, 3.05) is 16.8 Å². The molecule has 2 N–H and O–H groups in total. The molecule has 0 aromatic heterocycles. The minimum atomic E-state index is -3.65. The number of carbonyl (C=O) groups is 2. The lowest BCUT2D eigenvalue weighted by Gasteiger charge is -2.20. The Morgan fingerprint density at radius 2 is 1.67 bits per heavy atom. The van der Waals surface area contributed by atoms with Crippen LogP contribution in [0.25, 0.3) is 0 Å². The lowest BCUT2D eigenvalue weighted by molar-refractivity contribution is -0.122. The first-order valence-electron chi connectivity index (χ1n) is 9.45. The molecule has 2 amide bonds. The Morgan fingerprint density at radius 3 is 2.23 bits per heavy atom. The number of amides is 2. The van der Waals surface area contributed by atoms with Gasteiger partial charge in [0.05, 0.1) is 10.8 Å². The molecule has 7 nitrogen and oxygen atoms in total. The van der Waals surface area contributed by atoms with Gasteiger partial charge in [-0.15, -0.1) is 0 Å². The minimum absolute atomic E-state index is 0.108. The summed E-state index contributed by atoms with van der Waals surface area (Å²) in [6, 6.07) is 12.8. The molecule has 2 aromatic rings. The second-order valence-corrected chi connectivity index (χ2v) is 10.4. The Hall–Kier alpha value is -2.42. The van der Waals surface area contributed by atoms with Crippen LogP contribution in [0.15, 0.2) is 53.4 Å². The molecule has 0 aliphatic carbocycles. The van der Waals surface area contributed by atoms with Crippen LogP contribution in [0, 0.1) is 5.92 Å². The predicted octanol–water partition coefficient (Wildman–Crippen LogP) is 3.41. The highest BCUT2D eigenvalue weighted by molar-refractivity contribution is 7.89. The Balaban J connectivity index is 1.65. The van der Waals surface area contributed by atoms with Crippen molar-refractivity contribution < 1.29 is 18.0 Å². The number of sulfonamides is 1. The van der Waals surface area contributed by atoms with E-state index in [4.69, 9.17) is 11.6 Å². The highest BCUT2D eigenvalue weighted by Gasteiger charge is 2.35. The fraction of sp³-hybridized carbons (Fsp3) is 0.333. The summed E-state index contributed by atoms with van der Waals surface area (Å²) in [5, 5.41) is 3.33. The molecule has 0 saturated carbocycles. The molecular weight excluding hydrogens is 426 g/mol. The maximum Gasteiger partial charge on any atom is 0.241 e. The second-order valence-electron chi connectivity index (χ2n) is 8.25. The molecule has 0 bridgehead atoms. The smallest absolute Gasteiger partial charge is 0.241 e. The first kappa shape index (κ1) is 22.3. The molecule has 0 radical (unpaired) electrons. The van der Waals surface area contributed by atoms with Gasteiger partial charge in [0.1, 0.15) is 0 Å². The molecule has 160 valence electrons. The van der Waals surface area contributed by atoms with E-state index in [0.717, 1.165) is 0 Å². The lowest BCUT2D eigenvalue weighted by Crippen LogP contribution is -2.40. The fourth-order valence-corrected chi connectivity index (χ4v) is 4.72. The van der Waals surface area contributed by atoms with Crippen LogP contribution in [0.5, 0.6) is 0 Å². The monoisotopic (exact) mass is 449 g/mol. The van der Waals surface area contributed by atoms with Gasteiger partial charge in [0.15, 0.2) is 0 Å². The molecule has 1 aliphatic rings. The lowest BCUT2D eigenvalue weighted by atomic mass is 10.1. The molecule has 9 heteroatoms. The third-order valence-corrected chi connectivity index (χ3v) is 6.53. The van der Waals surface area contributed by atoms with Crippen LogP contribution in [0.3, 0.4) is 0 Å². The summed E-state index contributed by atoms with van der Waals surface area (Å²) in [6.45, 7) is 5.55. The van der Waals surface area contributed by atoms with E-state index in [-0.39, 0.29) is 29.7 Å². The molecule has 1 fully saturated rings. The number of benzene rings is 2. The molecule has 0 unspecified atom stereocenters. The average Bonchev–Trinajstić information content (AvgIpc) is 3.03. The largest absolute Gasteiger partial charge is 0.326 e. The van der Waals surface area contributed by atoms with Crippen molar-refractivity contribution in [2.24, 2.45) is 5.92 Å². The SMILES string of the molecule is CC(C)(C)NS(=O)(=O)c1ccc(NC(=O)[C@@H]2CC(=O)N(c3ccc(Cl)cc3)C2)cc1. The van der Waals surface area contributed by atoms with Crippen molar-refractivity contribution in [3.05, 3.63) is 53.6 Å². The number of hydrogen-bond donors (Lipinski definition) is 2. The average molecular weight is 450 g/mol. The van der Waals surface area contributed by atoms with E-state index >= 15 is 0 Å². The molecule has 3 rings (SSSR count). The van der Waals surface area contributed by atoms with Gasteiger partial charge in [0.25, 0.3) is 0 Å². The van der Waals surface area contributed by atoms with Gasteiger partial charge >= 0.3 is 0 Å². The Bertz CT molecular complexity index is 1050. The Morgan fingerprint density at radius 1 is 1.07 bits per heavy atom. The van der Waals surface area contributed by atoms with Gasteiger partial charge in [0, 0.05) is 34.9 Å². The van der Waals surface area contributed by atoms with Gasteiger partial charge in [-0.1, -0.05) is 11.6 Å². The third-order valence-electron chi connectivity index (χ3n) is 4.51. The van der Waals surface area contributed by atoms with Gasteiger partial charge in [-0.2, -0.15) is 0 Å². The maximum absolute atomic E-state index is 12.6. The number of anilines is 2. The van der Waals surface area contributed by atoms with Gasteiger partial charge < -0.3 is 10.2 Å². The molecule has 1 atom stereocenters. The zero-order chi connectivity index (χ0) is 22.1. The first-order valence-corrected chi connectivity index (χ1v) is 11.3. The van der Waals surface area contributed by atoms with Crippen molar-refractivity contribution in [3.63, 3.8) is 0 Å². The van der Waals surface area contributed by atoms with E-state index in [2.05, 4.69) is 10.0 Å². The fourth-order valence-electron chi connectivity index (χ4n) is 3.18. The highest BCUT2D eigenvalue weighted by Crippen LogP contribution is 2.27. The van der Waals surface area contributed by atoms with Crippen molar-refractivity contribution in [1.82, 2.24) is 4.72 Å². The standard InChI is InChI=1S/C21H24ClN3O4S/c1-21(2,3)24-30(28,29)18-10-6-16(7-11-18)23-20(27)14-12-19(26)25(13-14)17-8-4-15(22)5-9-17/h4-11,14,24H,12-13H2,1-3H3,(H,23,27)/t14-/m1/s1. The number of nitrogens with zero attached hydrogens (tertiary/aromatic N) is 1. The molecular formula is C21H24ClN3O4S.